The fourth-order valence-corrected chi connectivity index (χ4v) is 6.19. The van der Waals surface area contributed by atoms with Crippen molar-refractivity contribution in [2.45, 2.75) is 82.0 Å². The van der Waals surface area contributed by atoms with Crippen molar-refractivity contribution in [3.63, 3.8) is 0 Å². The second kappa shape index (κ2) is 13.0. The Morgan fingerprint density at radius 3 is 2.61 bits per heavy atom. The number of ether oxygens (including phenoxy) is 3. The van der Waals surface area contributed by atoms with Crippen LogP contribution >= 0.6 is 0 Å². The topological polar surface area (TPSA) is 148 Å². The number of pyridine rings is 1. The molecule has 4 heterocycles. The molecule has 11 nitrogen and oxygen atoms in total. The zero-order valence-electron chi connectivity index (χ0n) is 22.8. The van der Waals surface area contributed by atoms with E-state index in [1.54, 1.807) is 12.0 Å². The van der Waals surface area contributed by atoms with E-state index in [1.165, 1.54) is 0 Å². The van der Waals surface area contributed by atoms with Gasteiger partial charge in [0, 0.05) is 63.8 Å². The van der Waals surface area contributed by atoms with Gasteiger partial charge < -0.3 is 34.6 Å². The lowest BCUT2D eigenvalue weighted by molar-refractivity contribution is -0.145. The van der Waals surface area contributed by atoms with E-state index in [0.717, 1.165) is 25.1 Å². The van der Waals surface area contributed by atoms with Crippen LogP contribution in [-0.2, 0) is 47.7 Å². The van der Waals surface area contributed by atoms with Crippen LogP contribution in [0.3, 0.4) is 0 Å². The molecule has 5 atom stereocenters. The molecular weight excluding hydrogens is 551 g/mol. The van der Waals surface area contributed by atoms with Crippen molar-refractivity contribution in [3.05, 3.63) is 29.1 Å². The molecule has 4 aliphatic rings. The highest BCUT2D eigenvalue weighted by atomic mass is 19.4. The van der Waals surface area contributed by atoms with E-state index in [2.05, 4.69) is 10.3 Å². The van der Waals surface area contributed by atoms with Gasteiger partial charge in [0.15, 0.2) is 0 Å². The number of aromatic nitrogens is 1. The molecule has 1 saturated carbocycles. The second-order valence-corrected chi connectivity index (χ2v) is 10.9. The molecule has 0 bridgehead atoms. The van der Waals surface area contributed by atoms with Crippen LogP contribution in [0.2, 0.25) is 0 Å². The standard InChI is InChI=1S/C23H30F3N3O4.C4H6O4/c1-31-19-13-32-6-3-18(19)28-16-9-20-22(10-16,4-7-33-20)21(30)29-5-2-17-14(12-29)8-15(11-27-17)23(24,25)26;5-3(6)1-2-4(7)8/h8,11,16,18-20,28H,2-7,9-10,12-13H2,1H3;1-2H2,(H,5,6)(H,7,8)/t16-,18+,19-,20-,22-;/m1./s1. The highest BCUT2D eigenvalue weighted by Gasteiger charge is 2.58. The van der Waals surface area contributed by atoms with Gasteiger partial charge in [-0.3, -0.25) is 19.4 Å². The maximum Gasteiger partial charge on any atom is 0.417 e. The number of carbonyl (C=O) groups excluding carboxylic acids is 1. The monoisotopic (exact) mass is 587 g/mol. The van der Waals surface area contributed by atoms with Crippen LogP contribution in [-0.4, -0.2) is 95.7 Å². The predicted octanol–water partition coefficient (Wildman–Crippen LogP) is 2.25. The van der Waals surface area contributed by atoms with E-state index < -0.39 is 29.1 Å². The number of rotatable bonds is 7. The summed E-state index contributed by atoms with van der Waals surface area (Å²) in [6, 6.07) is 1.42. The molecule has 1 amide bonds. The molecule has 3 N–H and O–H groups in total. The quantitative estimate of drug-likeness (QED) is 0.434. The van der Waals surface area contributed by atoms with Crippen molar-refractivity contribution in [2.24, 2.45) is 5.41 Å². The number of methoxy groups -OCH3 is 1. The fraction of sp³-hybridized carbons (Fsp3) is 0.704. The number of aliphatic carboxylic acids is 2. The molecule has 41 heavy (non-hydrogen) atoms. The lowest BCUT2D eigenvalue weighted by Crippen LogP contribution is -2.51. The Balaban J connectivity index is 0.000000426. The molecule has 1 aliphatic carbocycles. The molecule has 3 aliphatic heterocycles. The number of hydrogen-bond donors (Lipinski definition) is 3. The summed E-state index contributed by atoms with van der Waals surface area (Å²) in [6.45, 7) is 2.37. The minimum Gasteiger partial charge on any atom is -0.481 e. The van der Waals surface area contributed by atoms with Crippen molar-refractivity contribution in [2.75, 3.05) is 33.5 Å². The van der Waals surface area contributed by atoms with Crippen molar-refractivity contribution < 1.29 is 52.0 Å². The van der Waals surface area contributed by atoms with Crippen LogP contribution in [0, 0.1) is 5.41 Å². The number of hydrogen-bond acceptors (Lipinski definition) is 8. The Hall–Kier alpha value is -2.81. The van der Waals surface area contributed by atoms with Gasteiger partial charge in [-0.15, -0.1) is 0 Å². The normalized spacial score (nSPS) is 29.2. The third-order valence-electron chi connectivity index (χ3n) is 8.28. The van der Waals surface area contributed by atoms with Crippen molar-refractivity contribution >= 4 is 17.8 Å². The van der Waals surface area contributed by atoms with Crippen LogP contribution in [0.5, 0.6) is 0 Å². The SMILES string of the molecule is CO[C@@H]1COCC[C@@H]1N[C@@H]1C[C@H]2OCC[C@@]2(C(=O)N2CCc3ncc(C(F)(F)F)cc3C2)C1.O=C(O)CCC(=O)O. The fourth-order valence-electron chi connectivity index (χ4n) is 6.19. The number of alkyl halides is 3. The number of carboxylic acids is 2. The maximum absolute atomic E-state index is 13.8. The molecule has 1 aromatic rings. The molecule has 14 heteroatoms. The van der Waals surface area contributed by atoms with E-state index >= 15 is 0 Å². The number of fused-ring (bicyclic) bond motifs is 2. The van der Waals surface area contributed by atoms with Gasteiger partial charge in [-0.2, -0.15) is 13.2 Å². The summed E-state index contributed by atoms with van der Waals surface area (Å²) < 4.78 is 56.6. The lowest BCUT2D eigenvalue weighted by atomic mass is 9.80. The summed E-state index contributed by atoms with van der Waals surface area (Å²) >= 11 is 0. The Bertz CT molecular complexity index is 1110. The minimum absolute atomic E-state index is 0.00682. The first-order chi connectivity index (χ1) is 19.4. The van der Waals surface area contributed by atoms with Crippen LogP contribution in [0.4, 0.5) is 13.2 Å². The predicted molar refractivity (Wildman–Crippen MR) is 136 cm³/mol. The first kappa shape index (κ1) is 31.1. The van der Waals surface area contributed by atoms with Gasteiger partial charge in [0.1, 0.15) is 0 Å². The van der Waals surface area contributed by atoms with Gasteiger partial charge in [-0.1, -0.05) is 0 Å². The summed E-state index contributed by atoms with van der Waals surface area (Å²) in [5, 5.41) is 19.5. The third kappa shape index (κ3) is 7.34. The summed E-state index contributed by atoms with van der Waals surface area (Å²) in [6.07, 6.45) is -1.02. The average molecular weight is 588 g/mol. The highest BCUT2D eigenvalue weighted by Crippen LogP contribution is 2.49. The largest absolute Gasteiger partial charge is 0.481 e. The molecule has 2 saturated heterocycles. The van der Waals surface area contributed by atoms with E-state index in [9.17, 15) is 27.6 Å². The molecule has 0 aromatic carbocycles. The Morgan fingerprint density at radius 1 is 1.22 bits per heavy atom. The molecule has 5 rings (SSSR count). The lowest BCUT2D eigenvalue weighted by Gasteiger charge is -2.37. The van der Waals surface area contributed by atoms with Crippen LogP contribution in [0.15, 0.2) is 12.3 Å². The number of nitrogens with zero attached hydrogens (tertiary/aromatic N) is 2. The molecule has 0 spiro atoms. The molecule has 0 radical (unpaired) electrons. The average Bonchev–Trinajstić information content (AvgIpc) is 3.49. The number of halogens is 3. The van der Waals surface area contributed by atoms with Crippen LogP contribution in [0.1, 0.15) is 55.3 Å². The van der Waals surface area contributed by atoms with Crippen molar-refractivity contribution in [1.29, 1.82) is 0 Å². The molecule has 1 aromatic heterocycles. The van der Waals surface area contributed by atoms with Gasteiger partial charge in [-0.25, -0.2) is 0 Å². The first-order valence-corrected chi connectivity index (χ1v) is 13.7. The summed E-state index contributed by atoms with van der Waals surface area (Å²) in [4.78, 5) is 38.8. The number of carboxylic acid groups (broad SMARTS) is 2. The van der Waals surface area contributed by atoms with Gasteiger partial charge in [0.05, 0.1) is 42.6 Å². The maximum atomic E-state index is 13.8. The van der Waals surface area contributed by atoms with E-state index in [-0.39, 0.29) is 49.6 Å². The van der Waals surface area contributed by atoms with Crippen molar-refractivity contribution in [3.8, 4) is 0 Å². The van der Waals surface area contributed by atoms with Gasteiger partial charge in [-0.05, 0) is 37.3 Å². The van der Waals surface area contributed by atoms with E-state index in [0.29, 0.717) is 56.9 Å². The smallest absolute Gasteiger partial charge is 0.417 e. The molecular formula is C27H36F3N3O8. The van der Waals surface area contributed by atoms with Crippen molar-refractivity contribution in [1.82, 2.24) is 15.2 Å². The summed E-state index contributed by atoms with van der Waals surface area (Å²) in [5.41, 5.74) is -0.281. The number of nitrogens with one attached hydrogen (secondary N) is 1. The molecule has 3 fully saturated rings. The summed E-state index contributed by atoms with van der Waals surface area (Å²) in [7, 11) is 1.68. The minimum atomic E-state index is -4.45. The second-order valence-electron chi connectivity index (χ2n) is 10.9. The number of amides is 1. The van der Waals surface area contributed by atoms with E-state index in [1.807, 2.05) is 0 Å². The molecule has 0 unspecified atom stereocenters. The molecule has 228 valence electrons. The highest BCUT2D eigenvalue weighted by molar-refractivity contribution is 5.84. The Morgan fingerprint density at radius 2 is 1.95 bits per heavy atom. The summed E-state index contributed by atoms with van der Waals surface area (Å²) in [5.74, 6) is -2.16. The Kier molecular flexibility index (Phi) is 9.88. The third-order valence-corrected chi connectivity index (χ3v) is 8.28. The number of carbonyl (C=O) groups is 3. The Labute approximate surface area is 235 Å². The zero-order valence-corrected chi connectivity index (χ0v) is 22.8. The zero-order chi connectivity index (χ0) is 29.8. The van der Waals surface area contributed by atoms with Crippen LogP contribution in [0.25, 0.3) is 0 Å². The van der Waals surface area contributed by atoms with Gasteiger partial charge in [0.2, 0.25) is 5.91 Å². The first-order valence-electron chi connectivity index (χ1n) is 13.7. The van der Waals surface area contributed by atoms with E-state index in [4.69, 9.17) is 24.4 Å². The van der Waals surface area contributed by atoms with Gasteiger partial charge in [0.25, 0.3) is 0 Å². The van der Waals surface area contributed by atoms with Crippen LogP contribution < -0.4 is 5.32 Å². The van der Waals surface area contributed by atoms with Gasteiger partial charge >= 0.3 is 18.1 Å².